The highest BCUT2D eigenvalue weighted by molar-refractivity contribution is 6.01. The predicted molar refractivity (Wildman–Crippen MR) is 123 cm³/mol. The molecule has 0 aliphatic heterocycles. The van der Waals surface area contributed by atoms with Crippen LogP contribution in [0.1, 0.15) is 56.8 Å². The highest BCUT2D eigenvalue weighted by atomic mass is 16.1. The zero-order valence-electron chi connectivity index (χ0n) is 17.4. The van der Waals surface area contributed by atoms with Gasteiger partial charge in [0.1, 0.15) is 0 Å². The Morgan fingerprint density at radius 2 is 0.903 bits per heavy atom. The van der Waals surface area contributed by atoms with E-state index in [4.69, 9.17) is 0 Å². The lowest BCUT2D eigenvalue weighted by Gasteiger charge is -2.30. The Bertz CT molecular complexity index is 1330. The van der Waals surface area contributed by atoms with Crippen molar-refractivity contribution < 1.29 is 9.59 Å². The van der Waals surface area contributed by atoms with Gasteiger partial charge in [-0.2, -0.15) is 0 Å². The Morgan fingerprint density at radius 3 is 1.32 bits per heavy atom. The maximum Gasteiger partial charge on any atom is 0.159 e. The smallest absolute Gasteiger partial charge is 0.159 e. The van der Waals surface area contributed by atoms with Crippen molar-refractivity contribution >= 4 is 11.6 Å². The van der Waals surface area contributed by atoms with Gasteiger partial charge in [0.25, 0.3) is 0 Å². The number of Topliss-reactive ketones (excluding diaryl/α,β-unsaturated/α-hetero) is 2. The SMILES string of the molecule is CC(=O)c1ccc2c(c1)C1(c3ccccc3-c3ccccc31)c1cc(C(C)=O)ccc1-2. The molecule has 0 heterocycles. The molecule has 2 aliphatic carbocycles. The molecule has 1 spiro atoms. The molecule has 0 saturated carbocycles. The number of hydrogen-bond acceptors (Lipinski definition) is 2. The minimum absolute atomic E-state index is 0.0536. The van der Waals surface area contributed by atoms with Crippen LogP contribution in [-0.2, 0) is 5.41 Å². The second kappa shape index (κ2) is 6.12. The van der Waals surface area contributed by atoms with Crippen molar-refractivity contribution in [1.82, 2.24) is 0 Å². The first kappa shape index (κ1) is 18.0. The van der Waals surface area contributed by atoms with Crippen molar-refractivity contribution in [2.75, 3.05) is 0 Å². The van der Waals surface area contributed by atoms with Crippen LogP contribution in [0.3, 0.4) is 0 Å². The number of fused-ring (bicyclic) bond motifs is 10. The molecule has 4 aromatic rings. The number of benzene rings is 4. The van der Waals surface area contributed by atoms with Gasteiger partial charge in [-0.05, 0) is 70.5 Å². The van der Waals surface area contributed by atoms with Crippen molar-refractivity contribution in [1.29, 1.82) is 0 Å². The summed E-state index contributed by atoms with van der Waals surface area (Å²) >= 11 is 0. The molecular weight excluding hydrogens is 380 g/mol. The largest absolute Gasteiger partial charge is 0.295 e. The first-order valence-corrected chi connectivity index (χ1v) is 10.5. The molecule has 0 aromatic heterocycles. The van der Waals surface area contributed by atoms with E-state index in [1.54, 1.807) is 13.8 Å². The Balaban J connectivity index is 1.83. The molecule has 31 heavy (non-hydrogen) atoms. The van der Waals surface area contributed by atoms with Gasteiger partial charge in [-0.25, -0.2) is 0 Å². The maximum atomic E-state index is 12.3. The minimum Gasteiger partial charge on any atom is -0.295 e. The average molecular weight is 400 g/mol. The number of carbonyl (C=O) groups excluding carboxylic acids is 2. The first-order chi connectivity index (χ1) is 15.0. The van der Waals surface area contributed by atoms with Gasteiger partial charge in [0.2, 0.25) is 0 Å². The third-order valence-corrected chi connectivity index (χ3v) is 6.90. The number of rotatable bonds is 2. The lowest BCUT2D eigenvalue weighted by Crippen LogP contribution is -2.26. The first-order valence-electron chi connectivity index (χ1n) is 10.5. The van der Waals surface area contributed by atoms with E-state index in [2.05, 4.69) is 72.8 Å². The van der Waals surface area contributed by atoms with E-state index in [9.17, 15) is 9.59 Å². The molecule has 0 saturated heterocycles. The molecule has 2 nitrogen and oxygen atoms in total. The van der Waals surface area contributed by atoms with Crippen LogP contribution in [0.2, 0.25) is 0 Å². The van der Waals surface area contributed by atoms with Crippen molar-refractivity contribution in [3.05, 3.63) is 118 Å². The molecule has 0 N–H and O–H groups in total. The van der Waals surface area contributed by atoms with Crippen LogP contribution in [0.15, 0.2) is 84.9 Å². The van der Waals surface area contributed by atoms with Crippen molar-refractivity contribution in [3.63, 3.8) is 0 Å². The van der Waals surface area contributed by atoms with E-state index >= 15 is 0 Å². The van der Waals surface area contributed by atoms with E-state index in [0.29, 0.717) is 11.1 Å². The standard InChI is InChI=1S/C29H20O2/c1-17(30)19-11-13-23-24-14-12-20(18(2)31)16-28(24)29(27(23)15-19)25-9-5-3-7-21(25)22-8-4-6-10-26(22)29/h3-16H,1-2H3. The van der Waals surface area contributed by atoms with Crippen LogP contribution in [-0.4, -0.2) is 11.6 Å². The highest BCUT2D eigenvalue weighted by Crippen LogP contribution is 2.62. The van der Waals surface area contributed by atoms with Crippen LogP contribution in [0, 0.1) is 0 Å². The molecule has 2 aliphatic rings. The molecule has 0 bridgehead atoms. The summed E-state index contributed by atoms with van der Waals surface area (Å²) in [6.45, 7) is 3.22. The second-order valence-corrected chi connectivity index (χ2v) is 8.47. The van der Waals surface area contributed by atoms with Crippen LogP contribution in [0.25, 0.3) is 22.3 Å². The minimum atomic E-state index is -0.533. The summed E-state index contributed by atoms with van der Waals surface area (Å²) in [4.78, 5) is 24.6. The van der Waals surface area contributed by atoms with Gasteiger partial charge in [-0.15, -0.1) is 0 Å². The quantitative estimate of drug-likeness (QED) is 0.314. The molecule has 0 unspecified atom stereocenters. The molecule has 0 fully saturated rings. The number of carbonyl (C=O) groups is 2. The van der Waals surface area contributed by atoms with Gasteiger partial charge in [-0.3, -0.25) is 9.59 Å². The van der Waals surface area contributed by atoms with Crippen LogP contribution >= 0.6 is 0 Å². The summed E-state index contributed by atoms with van der Waals surface area (Å²) in [5, 5.41) is 0. The monoisotopic (exact) mass is 400 g/mol. The lowest BCUT2D eigenvalue weighted by molar-refractivity contribution is 0.100. The fourth-order valence-corrected chi connectivity index (χ4v) is 5.58. The Hall–Kier alpha value is -3.78. The fraction of sp³-hybridized carbons (Fsp3) is 0.103. The Labute approximate surface area is 181 Å². The molecule has 0 radical (unpaired) electrons. The summed E-state index contributed by atoms with van der Waals surface area (Å²) in [5.41, 5.74) is 10.2. The van der Waals surface area contributed by atoms with Crippen molar-refractivity contribution in [2.24, 2.45) is 0 Å². The van der Waals surface area contributed by atoms with Gasteiger partial charge < -0.3 is 0 Å². The third-order valence-electron chi connectivity index (χ3n) is 6.90. The summed E-state index contributed by atoms with van der Waals surface area (Å²) in [7, 11) is 0. The fourth-order valence-electron chi connectivity index (χ4n) is 5.58. The molecule has 0 amide bonds. The predicted octanol–water partition coefficient (Wildman–Crippen LogP) is 6.44. The van der Waals surface area contributed by atoms with Gasteiger partial charge in [0.05, 0.1) is 5.41 Å². The third kappa shape index (κ3) is 2.17. The van der Waals surface area contributed by atoms with Crippen molar-refractivity contribution in [3.8, 4) is 22.3 Å². The van der Waals surface area contributed by atoms with Crippen LogP contribution in [0.4, 0.5) is 0 Å². The van der Waals surface area contributed by atoms with Gasteiger partial charge >= 0.3 is 0 Å². The zero-order chi connectivity index (χ0) is 21.3. The second-order valence-electron chi connectivity index (χ2n) is 8.47. The zero-order valence-corrected chi connectivity index (χ0v) is 17.4. The normalized spacial score (nSPS) is 14.0. The number of hydrogen-bond donors (Lipinski definition) is 0. The van der Waals surface area contributed by atoms with E-state index < -0.39 is 5.41 Å². The molecule has 2 heteroatoms. The molecule has 0 atom stereocenters. The summed E-state index contributed by atoms with van der Waals surface area (Å²) in [5.74, 6) is 0.107. The van der Waals surface area contributed by atoms with Gasteiger partial charge in [-0.1, -0.05) is 72.8 Å². The van der Waals surface area contributed by atoms with Crippen LogP contribution < -0.4 is 0 Å². The van der Waals surface area contributed by atoms with Crippen LogP contribution in [0.5, 0.6) is 0 Å². The maximum absolute atomic E-state index is 12.3. The summed E-state index contributed by atoms with van der Waals surface area (Å²) < 4.78 is 0. The van der Waals surface area contributed by atoms with Gasteiger partial charge in [0, 0.05) is 11.1 Å². The molecule has 4 aromatic carbocycles. The summed E-state index contributed by atoms with van der Waals surface area (Å²) in [6, 6.07) is 29.1. The van der Waals surface area contributed by atoms with Crippen molar-refractivity contribution in [2.45, 2.75) is 19.3 Å². The van der Waals surface area contributed by atoms with E-state index in [0.717, 1.165) is 22.3 Å². The topological polar surface area (TPSA) is 34.1 Å². The van der Waals surface area contributed by atoms with E-state index in [-0.39, 0.29) is 11.6 Å². The van der Waals surface area contributed by atoms with E-state index in [1.165, 1.54) is 22.3 Å². The van der Waals surface area contributed by atoms with E-state index in [1.807, 2.05) is 12.1 Å². The molecule has 6 rings (SSSR count). The van der Waals surface area contributed by atoms with Gasteiger partial charge in [0.15, 0.2) is 11.6 Å². The summed E-state index contributed by atoms with van der Waals surface area (Å²) in [6.07, 6.45) is 0. The molecule has 148 valence electrons. The highest BCUT2D eigenvalue weighted by Gasteiger charge is 2.51. The molecular formula is C29H20O2. The Kier molecular flexibility index (Phi) is 3.56. The average Bonchev–Trinajstić information content (AvgIpc) is 3.25. The Morgan fingerprint density at radius 1 is 0.516 bits per heavy atom. The lowest BCUT2D eigenvalue weighted by atomic mass is 9.70. The number of ketones is 2.